The van der Waals surface area contributed by atoms with E-state index in [1.54, 1.807) is 23.1 Å². The maximum atomic E-state index is 13.0. The van der Waals surface area contributed by atoms with Gasteiger partial charge in [-0.2, -0.15) is 4.31 Å². The number of hydrogen-bond donors (Lipinski definition) is 1. The lowest BCUT2D eigenvalue weighted by Gasteiger charge is -2.38. The first-order valence-corrected chi connectivity index (χ1v) is 10.6. The Morgan fingerprint density at radius 1 is 1.22 bits per heavy atom. The number of carbonyl (C=O) groups is 1. The number of benzene rings is 1. The molecule has 9 heteroatoms. The molecule has 7 nitrogen and oxygen atoms in total. The van der Waals surface area contributed by atoms with Crippen molar-refractivity contribution >= 4 is 28.3 Å². The van der Waals surface area contributed by atoms with Gasteiger partial charge in [-0.15, -0.1) is 12.4 Å². The third kappa shape index (κ3) is 4.81. The summed E-state index contributed by atoms with van der Waals surface area (Å²) in [5.74, 6) is -0.147. The minimum absolute atomic E-state index is 0. The molecule has 0 aliphatic carbocycles. The Morgan fingerprint density at radius 2 is 1.93 bits per heavy atom. The first kappa shape index (κ1) is 22.1. The summed E-state index contributed by atoms with van der Waals surface area (Å²) in [5, 5.41) is 0. The molecule has 152 valence electrons. The van der Waals surface area contributed by atoms with Gasteiger partial charge in [-0.3, -0.25) is 4.79 Å². The molecule has 2 saturated heterocycles. The van der Waals surface area contributed by atoms with E-state index in [4.69, 9.17) is 10.5 Å². The molecule has 0 saturated carbocycles. The fraction of sp³-hybridized carbons (Fsp3) is 0.611. The number of morpholine rings is 1. The van der Waals surface area contributed by atoms with Gasteiger partial charge in [0, 0.05) is 37.3 Å². The highest BCUT2D eigenvalue weighted by Gasteiger charge is 2.31. The molecule has 0 radical (unpaired) electrons. The van der Waals surface area contributed by atoms with Crippen molar-refractivity contribution in [3.8, 4) is 0 Å². The number of piperidine rings is 1. The maximum Gasteiger partial charge on any atom is 0.254 e. The van der Waals surface area contributed by atoms with Crippen LogP contribution in [0.5, 0.6) is 0 Å². The highest BCUT2D eigenvalue weighted by atomic mass is 35.5. The Morgan fingerprint density at radius 3 is 2.59 bits per heavy atom. The third-order valence-corrected chi connectivity index (χ3v) is 7.00. The summed E-state index contributed by atoms with van der Waals surface area (Å²) in [5.41, 5.74) is 6.46. The minimum atomic E-state index is -3.62. The quantitative estimate of drug-likeness (QED) is 0.800. The van der Waals surface area contributed by atoms with Crippen LogP contribution in [0, 0.1) is 0 Å². The van der Waals surface area contributed by atoms with Crippen molar-refractivity contribution in [1.82, 2.24) is 9.21 Å². The number of nitrogens with two attached hydrogens (primary N) is 1. The summed E-state index contributed by atoms with van der Waals surface area (Å²) in [7, 11) is -3.62. The van der Waals surface area contributed by atoms with Crippen LogP contribution in [0.1, 0.15) is 36.5 Å². The molecule has 2 heterocycles. The van der Waals surface area contributed by atoms with Gasteiger partial charge in [-0.05, 0) is 44.4 Å². The zero-order chi connectivity index (χ0) is 18.7. The number of likely N-dealkylation sites (tertiary alicyclic amines) is 1. The van der Waals surface area contributed by atoms with Crippen molar-refractivity contribution in [2.24, 2.45) is 5.73 Å². The highest BCUT2D eigenvalue weighted by molar-refractivity contribution is 7.89. The lowest BCUT2D eigenvalue weighted by molar-refractivity contribution is 0.0583. The van der Waals surface area contributed by atoms with E-state index in [1.165, 1.54) is 10.4 Å². The number of rotatable bonds is 4. The van der Waals surface area contributed by atoms with E-state index in [0.29, 0.717) is 38.4 Å². The minimum Gasteiger partial charge on any atom is -0.379 e. The number of nitrogens with zero attached hydrogens (tertiary/aromatic N) is 2. The van der Waals surface area contributed by atoms with Crippen molar-refractivity contribution in [3.05, 3.63) is 29.8 Å². The standard InChI is InChI=1S/C18H27N3O4S.ClH/c1-14(19)17-7-2-3-8-21(17)18(22)15-5-4-6-16(13-15)26(23,24)20-9-11-25-12-10-20;/h4-6,13-14,17H,2-3,7-12,19H2,1H3;1H. The fourth-order valence-electron chi connectivity index (χ4n) is 3.65. The zero-order valence-electron chi connectivity index (χ0n) is 15.5. The van der Waals surface area contributed by atoms with E-state index in [1.807, 2.05) is 6.92 Å². The topological polar surface area (TPSA) is 92.9 Å². The predicted molar refractivity (Wildman–Crippen MR) is 106 cm³/mol. The average Bonchev–Trinajstić information content (AvgIpc) is 2.68. The van der Waals surface area contributed by atoms with Gasteiger partial charge < -0.3 is 15.4 Å². The highest BCUT2D eigenvalue weighted by Crippen LogP contribution is 2.24. The normalized spacial score (nSPS) is 22.7. The van der Waals surface area contributed by atoms with E-state index in [0.717, 1.165) is 19.3 Å². The Kier molecular flexibility index (Phi) is 7.64. The lowest BCUT2D eigenvalue weighted by Crippen LogP contribution is -2.51. The Labute approximate surface area is 167 Å². The molecule has 1 aromatic carbocycles. The Bertz CT molecular complexity index is 751. The molecule has 1 aromatic rings. The molecule has 0 aromatic heterocycles. The third-order valence-electron chi connectivity index (χ3n) is 5.11. The van der Waals surface area contributed by atoms with Crippen LogP contribution in [-0.2, 0) is 14.8 Å². The number of carbonyl (C=O) groups excluding carboxylic acids is 1. The SMILES string of the molecule is CC(N)C1CCCCN1C(=O)c1cccc(S(=O)(=O)N2CCOCC2)c1.Cl. The summed E-state index contributed by atoms with van der Waals surface area (Å²) in [6, 6.07) is 6.22. The molecule has 3 rings (SSSR count). The number of ether oxygens (including phenoxy) is 1. The zero-order valence-corrected chi connectivity index (χ0v) is 17.2. The average molecular weight is 418 g/mol. The monoisotopic (exact) mass is 417 g/mol. The van der Waals surface area contributed by atoms with Gasteiger partial charge in [-0.25, -0.2) is 8.42 Å². The maximum absolute atomic E-state index is 13.0. The smallest absolute Gasteiger partial charge is 0.254 e. The molecule has 2 unspecified atom stereocenters. The van der Waals surface area contributed by atoms with Crippen LogP contribution >= 0.6 is 12.4 Å². The summed E-state index contributed by atoms with van der Waals surface area (Å²) >= 11 is 0. The van der Waals surface area contributed by atoms with Gasteiger partial charge in [0.1, 0.15) is 0 Å². The van der Waals surface area contributed by atoms with Crippen molar-refractivity contribution in [2.45, 2.75) is 43.2 Å². The largest absolute Gasteiger partial charge is 0.379 e. The summed E-state index contributed by atoms with van der Waals surface area (Å²) in [4.78, 5) is 15.0. The lowest BCUT2D eigenvalue weighted by atomic mass is 9.96. The second-order valence-corrected chi connectivity index (χ2v) is 8.90. The van der Waals surface area contributed by atoms with Crippen LogP contribution < -0.4 is 5.73 Å². The van der Waals surface area contributed by atoms with Gasteiger partial charge in [0.2, 0.25) is 10.0 Å². The molecule has 0 bridgehead atoms. The number of amides is 1. The van der Waals surface area contributed by atoms with Crippen molar-refractivity contribution in [1.29, 1.82) is 0 Å². The molecule has 2 atom stereocenters. The van der Waals surface area contributed by atoms with Crippen molar-refractivity contribution < 1.29 is 17.9 Å². The van der Waals surface area contributed by atoms with Crippen LogP contribution in [0.25, 0.3) is 0 Å². The van der Waals surface area contributed by atoms with Crippen LogP contribution in [-0.4, -0.2) is 68.5 Å². The van der Waals surface area contributed by atoms with Gasteiger partial charge in [0.25, 0.3) is 5.91 Å². The second kappa shape index (κ2) is 9.34. The van der Waals surface area contributed by atoms with Crippen molar-refractivity contribution in [3.63, 3.8) is 0 Å². The number of halogens is 1. The summed E-state index contributed by atoms with van der Waals surface area (Å²) in [6.07, 6.45) is 2.89. The molecule has 27 heavy (non-hydrogen) atoms. The van der Waals surface area contributed by atoms with E-state index < -0.39 is 10.0 Å². The molecule has 0 spiro atoms. The van der Waals surface area contributed by atoms with E-state index in [9.17, 15) is 13.2 Å². The van der Waals surface area contributed by atoms with Gasteiger partial charge in [0.15, 0.2) is 0 Å². The fourth-order valence-corrected chi connectivity index (χ4v) is 5.10. The molecule has 1 amide bonds. The van der Waals surface area contributed by atoms with E-state index in [2.05, 4.69) is 0 Å². The summed E-state index contributed by atoms with van der Waals surface area (Å²) < 4.78 is 32.3. The van der Waals surface area contributed by atoms with Crippen LogP contribution in [0.2, 0.25) is 0 Å². The Balaban J connectivity index is 0.00000261. The first-order valence-electron chi connectivity index (χ1n) is 9.16. The van der Waals surface area contributed by atoms with Crippen LogP contribution in [0.4, 0.5) is 0 Å². The van der Waals surface area contributed by atoms with E-state index in [-0.39, 0.29) is 35.3 Å². The first-order chi connectivity index (χ1) is 12.4. The number of hydrogen-bond acceptors (Lipinski definition) is 5. The van der Waals surface area contributed by atoms with Gasteiger partial charge >= 0.3 is 0 Å². The Hall–Kier alpha value is -1.19. The van der Waals surface area contributed by atoms with Gasteiger partial charge in [-0.1, -0.05) is 6.07 Å². The molecule has 2 N–H and O–H groups in total. The van der Waals surface area contributed by atoms with Crippen LogP contribution in [0.15, 0.2) is 29.2 Å². The van der Waals surface area contributed by atoms with E-state index >= 15 is 0 Å². The molecule has 2 aliphatic rings. The van der Waals surface area contributed by atoms with Crippen LogP contribution in [0.3, 0.4) is 0 Å². The number of sulfonamides is 1. The second-order valence-electron chi connectivity index (χ2n) is 6.97. The molecular weight excluding hydrogens is 390 g/mol. The predicted octanol–water partition coefficient (Wildman–Crippen LogP) is 1.47. The van der Waals surface area contributed by atoms with Gasteiger partial charge in [0.05, 0.1) is 18.1 Å². The molecule has 2 fully saturated rings. The molecule has 2 aliphatic heterocycles. The van der Waals surface area contributed by atoms with Crippen molar-refractivity contribution in [2.75, 3.05) is 32.8 Å². The summed E-state index contributed by atoms with van der Waals surface area (Å²) in [6.45, 7) is 4.02. The molecular formula is C18H28ClN3O4S.